The van der Waals surface area contributed by atoms with Crippen molar-refractivity contribution in [1.82, 2.24) is 9.55 Å². The lowest BCUT2D eigenvalue weighted by Crippen LogP contribution is -2.09. The van der Waals surface area contributed by atoms with E-state index < -0.39 is 5.97 Å². The molecule has 1 aromatic rings. The molecule has 2 N–H and O–H groups in total. The number of rotatable bonds is 3. The molecule has 0 bridgehead atoms. The number of hydrogen-bond acceptors (Lipinski definition) is 4. The first kappa shape index (κ1) is 10.6. The van der Waals surface area contributed by atoms with Crippen LogP contribution in [0.4, 0.5) is 5.82 Å². The minimum absolute atomic E-state index is 0.214. The van der Waals surface area contributed by atoms with Gasteiger partial charge in [-0.05, 0) is 20.8 Å². The molecule has 1 heterocycles. The Morgan fingerprint density at radius 2 is 2.21 bits per heavy atom. The molecule has 0 aliphatic carbocycles. The lowest BCUT2D eigenvalue weighted by molar-refractivity contribution is 0.0521. The second-order valence-corrected chi connectivity index (χ2v) is 2.86. The third-order valence-corrected chi connectivity index (χ3v) is 1.98. The van der Waals surface area contributed by atoms with Crippen LogP contribution in [0, 0.1) is 6.92 Å². The Labute approximate surface area is 82.9 Å². The summed E-state index contributed by atoms with van der Waals surface area (Å²) in [4.78, 5) is 15.4. The fourth-order valence-electron chi connectivity index (χ4n) is 1.33. The minimum atomic E-state index is -0.458. The Morgan fingerprint density at radius 1 is 1.57 bits per heavy atom. The maximum absolute atomic E-state index is 11.4. The highest BCUT2D eigenvalue weighted by molar-refractivity contribution is 5.92. The molecule has 0 aliphatic rings. The Morgan fingerprint density at radius 3 is 2.64 bits per heavy atom. The van der Waals surface area contributed by atoms with Crippen molar-refractivity contribution in [3.05, 3.63) is 11.5 Å². The zero-order valence-corrected chi connectivity index (χ0v) is 8.70. The minimum Gasteiger partial charge on any atom is -0.461 e. The number of imidazole rings is 1. The normalized spacial score (nSPS) is 10.2. The highest BCUT2D eigenvalue weighted by atomic mass is 16.5. The van der Waals surface area contributed by atoms with Gasteiger partial charge < -0.3 is 15.0 Å². The monoisotopic (exact) mass is 197 g/mol. The van der Waals surface area contributed by atoms with E-state index in [-0.39, 0.29) is 5.69 Å². The number of nitrogens with zero attached hydrogens (tertiary/aromatic N) is 2. The number of nitrogens with two attached hydrogens (primary N) is 1. The van der Waals surface area contributed by atoms with Gasteiger partial charge in [-0.2, -0.15) is 0 Å². The van der Waals surface area contributed by atoms with Crippen molar-refractivity contribution in [3.63, 3.8) is 0 Å². The molecule has 1 rings (SSSR count). The van der Waals surface area contributed by atoms with Crippen LogP contribution in [-0.2, 0) is 11.3 Å². The predicted octanol–water partition coefficient (Wildman–Crippen LogP) is 0.970. The topological polar surface area (TPSA) is 70.1 Å². The van der Waals surface area contributed by atoms with Gasteiger partial charge in [0.15, 0.2) is 5.69 Å². The first-order valence-electron chi connectivity index (χ1n) is 4.61. The molecule has 0 saturated carbocycles. The summed E-state index contributed by atoms with van der Waals surface area (Å²) in [6.45, 7) is 6.53. The van der Waals surface area contributed by atoms with Crippen LogP contribution >= 0.6 is 0 Å². The van der Waals surface area contributed by atoms with Crippen molar-refractivity contribution >= 4 is 11.8 Å². The zero-order valence-electron chi connectivity index (χ0n) is 8.70. The fourth-order valence-corrected chi connectivity index (χ4v) is 1.33. The predicted molar refractivity (Wildman–Crippen MR) is 53.0 cm³/mol. The quantitative estimate of drug-likeness (QED) is 0.733. The van der Waals surface area contributed by atoms with E-state index in [1.54, 1.807) is 11.5 Å². The first-order chi connectivity index (χ1) is 6.61. The number of aromatic nitrogens is 2. The van der Waals surface area contributed by atoms with Gasteiger partial charge in [-0.15, -0.1) is 0 Å². The van der Waals surface area contributed by atoms with E-state index in [1.807, 2.05) is 13.8 Å². The van der Waals surface area contributed by atoms with E-state index in [0.29, 0.717) is 19.0 Å². The van der Waals surface area contributed by atoms with Gasteiger partial charge in [-0.1, -0.05) is 0 Å². The molecule has 0 radical (unpaired) electrons. The van der Waals surface area contributed by atoms with Crippen LogP contribution in [0.2, 0.25) is 0 Å². The Bertz CT molecular complexity index is 344. The number of ether oxygens (including phenoxy) is 1. The molecule has 0 amide bonds. The fraction of sp³-hybridized carbons (Fsp3) is 0.556. The lowest BCUT2D eigenvalue weighted by atomic mass is 10.4. The molecular weight excluding hydrogens is 182 g/mol. The molecular formula is C9H15N3O2. The molecule has 0 aromatic carbocycles. The zero-order chi connectivity index (χ0) is 10.7. The number of hydrogen-bond donors (Lipinski definition) is 1. The molecule has 78 valence electrons. The maximum Gasteiger partial charge on any atom is 0.360 e. The second-order valence-electron chi connectivity index (χ2n) is 2.86. The summed E-state index contributed by atoms with van der Waals surface area (Å²) in [5, 5.41) is 0. The van der Waals surface area contributed by atoms with Gasteiger partial charge in [0.05, 0.1) is 6.61 Å². The van der Waals surface area contributed by atoms with Crippen molar-refractivity contribution in [2.75, 3.05) is 12.3 Å². The van der Waals surface area contributed by atoms with Crippen LogP contribution in [-0.4, -0.2) is 22.1 Å². The van der Waals surface area contributed by atoms with E-state index in [1.165, 1.54) is 0 Å². The number of carbonyl (C=O) groups excluding carboxylic acids is 1. The molecule has 0 aliphatic heterocycles. The van der Waals surface area contributed by atoms with Gasteiger partial charge in [-0.25, -0.2) is 9.78 Å². The number of aryl methyl sites for hydroxylation is 1. The molecule has 0 saturated heterocycles. The summed E-state index contributed by atoms with van der Waals surface area (Å²) >= 11 is 0. The van der Waals surface area contributed by atoms with Crippen LogP contribution in [0.5, 0.6) is 0 Å². The highest BCUT2D eigenvalue weighted by Gasteiger charge is 2.18. The summed E-state index contributed by atoms with van der Waals surface area (Å²) in [7, 11) is 0. The molecule has 5 heteroatoms. The van der Waals surface area contributed by atoms with Gasteiger partial charge in [0.25, 0.3) is 0 Å². The van der Waals surface area contributed by atoms with Crippen molar-refractivity contribution in [2.45, 2.75) is 27.3 Å². The smallest absolute Gasteiger partial charge is 0.360 e. The summed E-state index contributed by atoms with van der Waals surface area (Å²) < 4.78 is 6.60. The average molecular weight is 197 g/mol. The third kappa shape index (κ3) is 1.71. The van der Waals surface area contributed by atoms with Crippen LogP contribution in [0.3, 0.4) is 0 Å². The van der Waals surface area contributed by atoms with Gasteiger partial charge in [-0.3, -0.25) is 0 Å². The Kier molecular flexibility index (Phi) is 3.11. The van der Waals surface area contributed by atoms with E-state index in [0.717, 1.165) is 5.82 Å². The average Bonchev–Trinajstić information content (AvgIpc) is 2.42. The maximum atomic E-state index is 11.4. The Hall–Kier alpha value is -1.52. The molecule has 5 nitrogen and oxygen atoms in total. The number of nitrogen functional groups attached to an aromatic ring is 1. The highest BCUT2D eigenvalue weighted by Crippen LogP contribution is 2.14. The third-order valence-electron chi connectivity index (χ3n) is 1.98. The van der Waals surface area contributed by atoms with Crippen LogP contribution < -0.4 is 5.73 Å². The van der Waals surface area contributed by atoms with Gasteiger partial charge in [0.1, 0.15) is 11.6 Å². The molecule has 14 heavy (non-hydrogen) atoms. The van der Waals surface area contributed by atoms with Crippen LogP contribution in [0.15, 0.2) is 0 Å². The standard InChI is InChI=1S/C9H15N3O2/c1-4-12-6(3)11-7(8(12)10)9(13)14-5-2/h4-5,10H2,1-3H3. The molecule has 0 atom stereocenters. The number of carbonyl (C=O) groups is 1. The van der Waals surface area contributed by atoms with Crippen molar-refractivity contribution < 1.29 is 9.53 Å². The molecule has 0 spiro atoms. The molecule has 1 aromatic heterocycles. The SMILES string of the molecule is CCOC(=O)c1nc(C)n(CC)c1N. The van der Waals surface area contributed by atoms with Gasteiger partial charge in [0, 0.05) is 6.54 Å². The summed E-state index contributed by atoms with van der Waals surface area (Å²) in [5.41, 5.74) is 5.96. The first-order valence-corrected chi connectivity index (χ1v) is 4.61. The van der Waals surface area contributed by atoms with E-state index in [2.05, 4.69) is 4.98 Å². The summed E-state index contributed by atoms with van der Waals surface area (Å²) in [5.74, 6) is 0.650. The van der Waals surface area contributed by atoms with Crippen molar-refractivity contribution in [3.8, 4) is 0 Å². The summed E-state index contributed by atoms with van der Waals surface area (Å²) in [6.07, 6.45) is 0. The number of anilines is 1. The van der Waals surface area contributed by atoms with Crippen LogP contribution in [0.25, 0.3) is 0 Å². The van der Waals surface area contributed by atoms with Crippen molar-refractivity contribution in [2.24, 2.45) is 0 Å². The van der Waals surface area contributed by atoms with E-state index in [4.69, 9.17) is 10.5 Å². The molecule has 0 unspecified atom stereocenters. The Balaban J connectivity index is 3.04. The number of esters is 1. The van der Waals surface area contributed by atoms with E-state index >= 15 is 0 Å². The largest absolute Gasteiger partial charge is 0.461 e. The summed E-state index contributed by atoms with van der Waals surface area (Å²) in [6, 6.07) is 0. The van der Waals surface area contributed by atoms with Crippen LogP contribution in [0.1, 0.15) is 30.2 Å². The second kappa shape index (κ2) is 4.13. The van der Waals surface area contributed by atoms with E-state index in [9.17, 15) is 4.79 Å². The van der Waals surface area contributed by atoms with Gasteiger partial charge >= 0.3 is 5.97 Å². The van der Waals surface area contributed by atoms with Crippen molar-refractivity contribution in [1.29, 1.82) is 0 Å². The molecule has 0 fully saturated rings. The lowest BCUT2D eigenvalue weighted by Gasteiger charge is -2.02. The van der Waals surface area contributed by atoms with Gasteiger partial charge in [0.2, 0.25) is 0 Å².